The van der Waals surface area contributed by atoms with Crippen molar-refractivity contribution in [1.29, 1.82) is 0 Å². The molecular formula is C17H15BrO. The fourth-order valence-corrected chi connectivity index (χ4v) is 3.16. The first-order valence-electron chi connectivity index (χ1n) is 6.60. The van der Waals surface area contributed by atoms with Gasteiger partial charge < -0.3 is 0 Å². The van der Waals surface area contributed by atoms with Crippen LogP contribution in [0.4, 0.5) is 0 Å². The molecule has 0 fully saturated rings. The predicted octanol–water partition coefficient (Wildman–Crippen LogP) is 4.75. The summed E-state index contributed by atoms with van der Waals surface area (Å²) in [7, 11) is 0. The second-order valence-corrected chi connectivity index (χ2v) is 5.99. The van der Waals surface area contributed by atoms with Crippen LogP contribution in [-0.4, -0.2) is 5.78 Å². The van der Waals surface area contributed by atoms with Crippen LogP contribution in [0, 0.1) is 0 Å². The molecule has 3 rings (SSSR count). The van der Waals surface area contributed by atoms with E-state index in [2.05, 4.69) is 46.3 Å². The van der Waals surface area contributed by atoms with Gasteiger partial charge in [-0.25, -0.2) is 0 Å². The molecular weight excluding hydrogens is 300 g/mol. The lowest BCUT2D eigenvalue weighted by molar-refractivity contribution is 0.0975. The molecule has 0 saturated heterocycles. The van der Waals surface area contributed by atoms with Crippen LogP contribution in [0.15, 0.2) is 53.0 Å². The number of carbonyl (C=O) groups is 1. The molecule has 0 aromatic heterocycles. The number of carbonyl (C=O) groups excluding carboxylic acids is 1. The van der Waals surface area contributed by atoms with Gasteiger partial charge in [-0.15, -0.1) is 0 Å². The number of halogens is 1. The molecule has 1 unspecified atom stereocenters. The zero-order valence-electron chi connectivity index (χ0n) is 10.6. The van der Waals surface area contributed by atoms with Crippen molar-refractivity contribution >= 4 is 21.7 Å². The molecule has 1 atom stereocenters. The topological polar surface area (TPSA) is 17.1 Å². The second-order valence-electron chi connectivity index (χ2n) is 5.08. The Kier molecular flexibility index (Phi) is 3.52. The van der Waals surface area contributed by atoms with Crippen molar-refractivity contribution < 1.29 is 4.79 Å². The lowest BCUT2D eigenvalue weighted by Crippen LogP contribution is -2.05. The molecule has 0 aliphatic heterocycles. The average molecular weight is 315 g/mol. The summed E-state index contributed by atoms with van der Waals surface area (Å²) in [6, 6.07) is 16.4. The molecule has 0 radical (unpaired) electrons. The van der Waals surface area contributed by atoms with Crippen LogP contribution in [0.1, 0.15) is 40.2 Å². The van der Waals surface area contributed by atoms with E-state index >= 15 is 0 Å². The third-order valence-electron chi connectivity index (χ3n) is 3.84. The molecule has 0 amide bonds. The lowest BCUT2D eigenvalue weighted by atomic mass is 9.91. The van der Waals surface area contributed by atoms with Gasteiger partial charge in [-0.1, -0.05) is 52.3 Å². The van der Waals surface area contributed by atoms with E-state index in [0.29, 0.717) is 12.3 Å². The Morgan fingerprint density at radius 3 is 2.63 bits per heavy atom. The summed E-state index contributed by atoms with van der Waals surface area (Å²) in [5.74, 6) is 0.613. The number of hydrogen-bond donors (Lipinski definition) is 0. The van der Waals surface area contributed by atoms with E-state index in [1.807, 2.05) is 18.2 Å². The van der Waals surface area contributed by atoms with Crippen LogP contribution in [-0.2, 0) is 6.42 Å². The van der Waals surface area contributed by atoms with E-state index in [1.165, 1.54) is 11.1 Å². The fraction of sp³-hybridized carbons (Fsp3) is 0.235. The van der Waals surface area contributed by atoms with Crippen LogP contribution < -0.4 is 0 Å². The van der Waals surface area contributed by atoms with Gasteiger partial charge in [0.2, 0.25) is 0 Å². The van der Waals surface area contributed by atoms with Crippen LogP contribution in [0.3, 0.4) is 0 Å². The summed E-state index contributed by atoms with van der Waals surface area (Å²) in [5, 5.41) is 0. The first-order chi connectivity index (χ1) is 9.24. The standard InChI is InChI=1S/C17H15BrO/c18-15-9-8-13-6-7-14(10-17(19)16(13)11-15)12-4-2-1-3-5-12/h1-5,8-9,11,14H,6-7,10H2. The SMILES string of the molecule is O=C1CC(c2ccccc2)CCc2ccc(Br)cc21. The Morgan fingerprint density at radius 2 is 1.84 bits per heavy atom. The average Bonchev–Trinajstić information content (AvgIpc) is 2.60. The molecule has 0 spiro atoms. The Hall–Kier alpha value is -1.41. The van der Waals surface area contributed by atoms with Gasteiger partial charge in [-0.2, -0.15) is 0 Å². The smallest absolute Gasteiger partial charge is 0.163 e. The maximum Gasteiger partial charge on any atom is 0.163 e. The molecule has 0 saturated carbocycles. The quantitative estimate of drug-likeness (QED) is 0.694. The fourth-order valence-electron chi connectivity index (χ4n) is 2.80. The Morgan fingerprint density at radius 1 is 1.05 bits per heavy atom. The summed E-state index contributed by atoms with van der Waals surface area (Å²) < 4.78 is 0.984. The Labute approximate surface area is 121 Å². The van der Waals surface area contributed by atoms with E-state index in [-0.39, 0.29) is 5.78 Å². The molecule has 96 valence electrons. The molecule has 2 heteroatoms. The minimum Gasteiger partial charge on any atom is -0.294 e. The largest absolute Gasteiger partial charge is 0.294 e. The van der Waals surface area contributed by atoms with Crippen molar-refractivity contribution in [3.05, 3.63) is 69.7 Å². The minimum atomic E-state index is 0.266. The number of hydrogen-bond acceptors (Lipinski definition) is 1. The van der Waals surface area contributed by atoms with Crippen LogP contribution in [0.5, 0.6) is 0 Å². The Balaban J connectivity index is 1.92. The summed E-state index contributed by atoms with van der Waals surface area (Å²) >= 11 is 3.45. The van der Waals surface area contributed by atoms with Gasteiger partial charge in [-0.05, 0) is 42.0 Å². The summed E-state index contributed by atoms with van der Waals surface area (Å²) in [6.07, 6.45) is 2.64. The Bertz CT molecular complexity index is 604. The second kappa shape index (κ2) is 5.30. The van der Waals surface area contributed by atoms with E-state index in [9.17, 15) is 4.79 Å². The molecule has 19 heavy (non-hydrogen) atoms. The van der Waals surface area contributed by atoms with E-state index in [1.54, 1.807) is 0 Å². The molecule has 1 aliphatic rings. The van der Waals surface area contributed by atoms with Crippen LogP contribution >= 0.6 is 15.9 Å². The summed E-state index contributed by atoms with van der Waals surface area (Å²) in [4.78, 5) is 12.4. The number of benzene rings is 2. The number of Topliss-reactive ketones (excluding diaryl/α,β-unsaturated/α-hetero) is 1. The van der Waals surface area contributed by atoms with Crippen molar-refractivity contribution in [3.63, 3.8) is 0 Å². The summed E-state index contributed by atoms with van der Waals surface area (Å²) in [6.45, 7) is 0. The summed E-state index contributed by atoms with van der Waals surface area (Å²) in [5.41, 5.74) is 3.36. The monoisotopic (exact) mass is 314 g/mol. The normalized spacial score (nSPS) is 18.8. The third-order valence-corrected chi connectivity index (χ3v) is 4.33. The number of aryl methyl sites for hydroxylation is 1. The molecule has 1 nitrogen and oxygen atoms in total. The van der Waals surface area contributed by atoms with Gasteiger partial charge in [0.25, 0.3) is 0 Å². The number of ketones is 1. The van der Waals surface area contributed by atoms with E-state index < -0.39 is 0 Å². The van der Waals surface area contributed by atoms with E-state index in [0.717, 1.165) is 22.9 Å². The minimum absolute atomic E-state index is 0.266. The molecule has 2 aromatic rings. The van der Waals surface area contributed by atoms with Gasteiger partial charge in [-0.3, -0.25) is 4.79 Å². The molecule has 0 heterocycles. The lowest BCUT2D eigenvalue weighted by Gasteiger charge is -2.13. The third kappa shape index (κ3) is 2.64. The van der Waals surface area contributed by atoms with Crippen LogP contribution in [0.2, 0.25) is 0 Å². The van der Waals surface area contributed by atoms with Crippen molar-refractivity contribution in [2.24, 2.45) is 0 Å². The first-order valence-corrected chi connectivity index (χ1v) is 7.40. The van der Waals surface area contributed by atoms with Gasteiger partial charge >= 0.3 is 0 Å². The zero-order valence-corrected chi connectivity index (χ0v) is 12.2. The highest BCUT2D eigenvalue weighted by molar-refractivity contribution is 9.10. The van der Waals surface area contributed by atoms with Crippen molar-refractivity contribution in [2.75, 3.05) is 0 Å². The van der Waals surface area contributed by atoms with E-state index in [4.69, 9.17) is 0 Å². The molecule has 1 aliphatic carbocycles. The number of fused-ring (bicyclic) bond motifs is 1. The van der Waals surface area contributed by atoms with Crippen molar-refractivity contribution in [3.8, 4) is 0 Å². The maximum absolute atomic E-state index is 12.4. The molecule has 2 aromatic carbocycles. The van der Waals surface area contributed by atoms with Gasteiger partial charge in [0.15, 0.2) is 5.78 Å². The van der Waals surface area contributed by atoms with Gasteiger partial charge in [0, 0.05) is 16.5 Å². The van der Waals surface area contributed by atoms with Crippen LogP contribution in [0.25, 0.3) is 0 Å². The predicted molar refractivity (Wildman–Crippen MR) is 80.6 cm³/mol. The van der Waals surface area contributed by atoms with Gasteiger partial charge in [0.1, 0.15) is 0 Å². The van der Waals surface area contributed by atoms with Gasteiger partial charge in [0.05, 0.1) is 0 Å². The molecule has 0 N–H and O–H groups in total. The van der Waals surface area contributed by atoms with Crippen molar-refractivity contribution in [1.82, 2.24) is 0 Å². The highest BCUT2D eigenvalue weighted by Gasteiger charge is 2.23. The highest BCUT2D eigenvalue weighted by Crippen LogP contribution is 2.32. The molecule has 0 bridgehead atoms. The highest BCUT2D eigenvalue weighted by atomic mass is 79.9. The maximum atomic E-state index is 12.4. The number of rotatable bonds is 1. The van der Waals surface area contributed by atoms with Crippen molar-refractivity contribution in [2.45, 2.75) is 25.2 Å². The zero-order chi connectivity index (χ0) is 13.2. The first kappa shape index (κ1) is 12.6.